The molecule has 0 radical (unpaired) electrons. The first kappa shape index (κ1) is 8.92. The fourth-order valence-corrected chi connectivity index (χ4v) is 1.95. The third kappa shape index (κ3) is 2.74. The van der Waals surface area contributed by atoms with Gasteiger partial charge < -0.3 is 5.32 Å². The third-order valence-electron chi connectivity index (χ3n) is 0.968. The van der Waals surface area contributed by atoms with Gasteiger partial charge in [-0.15, -0.1) is 11.3 Å². The van der Waals surface area contributed by atoms with Gasteiger partial charge in [0.15, 0.2) is 5.13 Å². The second-order valence-electron chi connectivity index (χ2n) is 1.95. The number of thiazole rings is 1. The molecular weight excluding hydrogens is 275 g/mol. The van der Waals surface area contributed by atoms with Crippen LogP contribution >= 0.6 is 33.9 Å². The van der Waals surface area contributed by atoms with Crippen molar-refractivity contribution in [2.75, 3.05) is 5.32 Å². The molecule has 0 saturated heterocycles. The fourth-order valence-electron chi connectivity index (χ4n) is 0.578. The predicted molar refractivity (Wildman–Crippen MR) is 54.1 cm³/mol. The number of alkyl halides is 1. The summed E-state index contributed by atoms with van der Waals surface area (Å²) in [5.41, 5.74) is 0. The first-order valence-corrected chi connectivity index (χ1v) is 5.35. The maximum absolute atomic E-state index is 10.6. The zero-order valence-corrected chi connectivity index (χ0v) is 8.90. The van der Waals surface area contributed by atoms with Crippen LogP contribution in [0.1, 0.15) is 11.8 Å². The van der Waals surface area contributed by atoms with Crippen LogP contribution in [-0.2, 0) is 9.22 Å². The lowest BCUT2D eigenvalue weighted by atomic mass is 10.6. The van der Waals surface area contributed by atoms with E-state index in [9.17, 15) is 4.79 Å². The largest absolute Gasteiger partial charge is 0.302 e. The lowest BCUT2D eigenvalue weighted by Crippen LogP contribution is -2.04. The minimum atomic E-state index is -0.0700. The van der Waals surface area contributed by atoms with Gasteiger partial charge in [0, 0.05) is 22.4 Å². The number of nitrogens with zero attached hydrogens (tertiary/aromatic N) is 1. The quantitative estimate of drug-likeness (QED) is 0.666. The molecular formula is C6H7IN2OS. The summed E-state index contributed by atoms with van der Waals surface area (Å²) in [5, 5.41) is 3.31. The number of anilines is 1. The van der Waals surface area contributed by atoms with Crippen molar-refractivity contribution in [1.29, 1.82) is 0 Å². The number of carbonyl (C=O) groups is 1. The fraction of sp³-hybridized carbons (Fsp3) is 0.333. The van der Waals surface area contributed by atoms with E-state index in [1.165, 1.54) is 23.1 Å². The van der Waals surface area contributed by atoms with Crippen LogP contribution in [0, 0.1) is 0 Å². The van der Waals surface area contributed by atoms with Gasteiger partial charge in [0.2, 0.25) is 5.91 Å². The number of aromatic nitrogens is 1. The van der Waals surface area contributed by atoms with Crippen molar-refractivity contribution < 1.29 is 4.79 Å². The van der Waals surface area contributed by atoms with Crippen molar-refractivity contribution in [3.05, 3.63) is 11.1 Å². The van der Waals surface area contributed by atoms with Crippen molar-refractivity contribution in [2.24, 2.45) is 0 Å². The van der Waals surface area contributed by atoms with Gasteiger partial charge in [0.05, 0.1) is 0 Å². The smallest absolute Gasteiger partial charge is 0.223 e. The van der Waals surface area contributed by atoms with Gasteiger partial charge in [-0.3, -0.25) is 4.79 Å². The first-order chi connectivity index (χ1) is 5.22. The normalized spacial score (nSPS) is 9.64. The molecule has 11 heavy (non-hydrogen) atoms. The molecule has 0 aliphatic carbocycles. The Morgan fingerprint density at radius 2 is 2.64 bits per heavy atom. The van der Waals surface area contributed by atoms with Crippen LogP contribution in [0.2, 0.25) is 0 Å². The van der Waals surface area contributed by atoms with Gasteiger partial charge >= 0.3 is 0 Å². The van der Waals surface area contributed by atoms with Crippen LogP contribution in [-0.4, -0.2) is 10.9 Å². The summed E-state index contributed by atoms with van der Waals surface area (Å²) in [6.07, 6.45) is 1.78. The van der Waals surface area contributed by atoms with Gasteiger partial charge in [-0.2, -0.15) is 0 Å². The number of halogens is 1. The number of rotatable bonds is 2. The standard InChI is InChI=1S/C6H7IN2OS/c1-4(10)9-6-8-3-5(2-7)11-6/h3H,2H2,1H3,(H,8,9,10). The Kier molecular flexibility index (Phi) is 3.25. The summed E-state index contributed by atoms with van der Waals surface area (Å²) in [7, 11) is 0. The van der Waals surface area contributed by atoms with Crippen molar-refractivity contribution in [3.63, 3.8) is 0 Å². The van der Waals surface area contributed by atoms with E-state index in [4.69, 9.17) is 0 Å². The molecule has 5 heteroatoms. The molecule has 0 aliphatic rings. The zero-order chi connectivity index (χ0) is 8.27. The first-order valence-electron chi connectivity index (χ1n) is 3.00. The molecule has 0 fully saturated rings. The highest BCUT2D eigenvalue weighted by atomic mass is 127. The molecule has 1 N–H and O–H groups in total. The van der Waals surface area contributed by atoms with Crippen molar-refractivity contribution in [2.45, 2.75) is 11.4 Å². The van der Waals surface area contributed by atoms with Gasteiger partial charge in [-0.1, -0.05) is 22.6 Å². The molecule has 60 valence electrons. The maximum Gasteiger partial charge on any atom is 0.223 e. The molecule has 0 unspecified atom stereocenters. The summed E-state index contributed by atoms with van der Waals surface area (Å²) in [6.45, 7) is 1.48. The van der Waals surface area contributed by atoms with Gasteiger partial charge in [0.25, 0.3) is 0 Å². The van der Waals surface area contributed by atoms with Crippen LogP contribution in [0.15, 0.2) is 6.20 Å². The van der Waals surface area contributed by atoms with E-state index in [1.807, 2.05) is 0 Å². The van der Waals surface area contributed by atoms with Gasteiger partial charge in [-0.05, 0) is 0 Å². The molecule has 0 aromatic carbocycles. The maximum atomic E-state index is 10.6. The minimum Gasteiger partial charge on any atom is -0.302 e. The Balaban J connectivity index is 2.65. The third-order valence-corrected chi connectivity index (χ3v) is 3.22. The van der Waals surface area contributed by atoms with E-state index < -0.39 is 0 Å². The van der Waals surface area contributed by atoms with E-state index >= 15 is 0 Å². The average Bonchev–Trinajstić information content (AvgIpc) is 2.34. The monoisotopic (exact) mass is 282 g/mol. The zero-order valence-electron chi connectivity index (χ0n) is 5.93. The molecule has 1 heterocycles. The van der Waals surface area contributed by atoms with E-state index in [2.05, 4.69) is 32.9 Å². The summed E-state index contributed by atoms with van der Waals surface area (Å²) >= 11 is 3.77. The van der Waals surface area contributed by atoms with Crippen LogP contribution in [0.5, 0.6) is 0 Å². The lowest BCUT2D eigenvalue weighted by Gasteiger charge is -1.91. The van der Waals surface area contributed by atoms with Crippen molar-refractivity contribution >= 4 is 45.0 Å². The molecule has 0 saturated carbocycles. The van der Waals surface area contributed by atoms with Gasteiger partial charge in [-0.25, -0.2) is 4.98 Å². The predicted octanol–water partition coefficient (Wildman–Crippen LogP) is 2.04. The molecule has 0 aliphatic heterocycles. The number of carbonyl (C=O) groups excluding carboxylic acids is 1. The number of hydrogen-bond donors (Lipinski definition) is 1. The topological polar surface area (TPSA) is 42.0 Å². The van der Waals surface area contributed by atoms with E-state index in [0.29, 0.717) is 5.13 Å². The molecule has 1 rings (SSSR count). The van der Waals surface area contributed by atoms with Gasteiger partial charge in [0.1, 0.15) is 0 Å². The lowest BCUT2D eigenvalue weighted by molar-refractivity contribution is -0.114. The second-order valence-corrected chi connectivity index (χ2v) is 3.82. The van der Waals surface area contributed by atoms with Crippen molar-refractivity contribution in [3.8, 4) is 0 Å². The van der Waals surface area contributed by atoms with Crippen LogP contribution in [0.3, 0.4) is 0 Å². The highest BCUT2D eigenvalue weighted by Gasteiger charge is 2.00. The second kappa shape index (κ2) is 4.01. The highest BCUT2D eigenvalue weighted by molar-refractivity contribution is 14.1. The molecule has 0 bridgehead atoms. The van der Waals surface area contributed by atoms with E-state index in [0.717, 1.165) is 4.43 Å². The van der Waals surface area contributed by atoms with E-state index in [-0.39, 0.29) is 5.91 Å². The van der Waals surface area contributed by atoms with Crippen molar-refractivity contribution in [1.82, 2.24) is 4.98 Å². The molecule has 1 amide bonds. The summed E-state index contributed by atoms with van der Waals surface area (Å²) < 4.78 is 0.939. The van der Waals surface area contributed by atoms with Crippen LogP contribution in [0.25, 0.3) is 0 Å². The average molecular weight is 282 g/mol. The number of nitrogens with one attached hydrogen (secondary N) is 1. The summed E-state index contributed by atoms with van der Waals surface area (Å²) in [6, 6.07) is 0. The summed E-state index contributed by atoms with van der Waals surface area (Å²) in [4.78, 5) is 15.7. The minimum absolute atomic E-state index is 0.0700. The Bertz CT molecular complexity index is 261. The molecule has 0 spiro atoms. The summed E-state index contributed by atoms with van der Waals surface area (Å²) in [5.74, 6) is -0.0700. The molecule has 1 aromatic rings. The molecule has 0 atom stereocenters. The Morgan fingerprint density at radius 1 is 1.91 bits per heavy atom. The SMILES string of the molecule is CC(=O)Nc1ncc(CI)s1. The van der Waals surface area contributed by atoms with E-state index in [1.54, 1.807) is 6.20 Å². The Morgan fingerprint density at radius 3 is 3.09 bits per heavy atom. The Hall–Kier alpha value is -0.170. The number of amides is 1. The highest BCUT2D eigenvalue weighted by Crippen LogP contribution is 2.19. The van der Waals surface area contributed by atoms with Crippen LogP contribution < -0.4 is 5.32 Å². The molecule has 3 nitrogen and oxygen atoms in total. The Labute approximate surface area is 82.4 Å². The molecule has 1 aromatic heterocycles. The number of hydrogen-bond acceptors (Lipinski definition) is 3. The van der Waals surface area contributed by atoms with Crippen LogP contribution in [0.4, 0.5) is 5.13 Å².